The molecule has 8 aromatic rings. The van der Waals surface area contributed by atoms with Gasteiger partial charge in [0.2, 0.25) is 0 Å². The molecule has 0 unspecified atom stereocenters. The van der Waals surface area contributed by atoms with Crippen molar-refractivity contribution in [2.75, 3.05) is 7.11 Å². The van der Waals surface area contributed by atoms with E-state index in [2.05, 4.69) is 49.8 Å². The van der Waals surface area contributed by atoms with Crippen LogP contribution in [0.4, 0.5) is 0 Å². The van der Waals surface area contributed by atoms with Crippen LogP contribution in [-0.4, -0.2) is 57.6 Å². The maximum atomic E-state index is 7.00. The summed E-state index contributed by atoms with van der Waals surface area (Å²) in [6.45, 7) is 0. The smallest absolute Gasteiger partial charge is 1.00 e. The van der Waals surface area contributed by atoms with Gasteiger partial charge in [-0.3, -0.25) is 29.9 Å². The molecule has 8 heterocycles. The van der Waals surface area contributed by atoms with Crippen LogP contribution in [-0.2, 0) is 54.6 Å². The fraction of sp³-hybridized carbons (Fsp3) is 0.0270. The summed E-state index contributed by atoms with van der Waals surface area (Å²) in [4.78, 5) is 44.8. The van der Waals surface area contributed by atoms with Gasteiger partial charge in [-0.05, 0) is 107 Å². The van der Waals surface area contributed by atoms with Gasteiger partial charge in [0.1, 0.15) is 0 Å². The molecule has 12 nitrogen and oxygen atoms in total. The second kappa shape index (κ2) is 24.1. The van der Waals surface area contributed by atoms with Gasteiger partial charge in [-0.1, -0.05) is 36.4 Å². The first-order chi connectivity index (χ1) is 23.8. The molecule has 53 heavy (non-hydrogen) atoms. The number of halogens is 2. The third-order valence-electron chi connectivity index (χ3n) is 6.74. The fourth-order valence-corrected chi connectivity index (χ4v) is 4.63. The van der Waals surface area contributed by atoms with E-state index < -0.39 is 0 Å². The van der Waals surface area contributed by atoms with Crippen LogP contribution in [0.3, 0.4) is 0 Å². The van der Waals surface area contributed by atoms with Gasteiger partial charge in [-0.15, -0.1) is 0 Å². The molecule has 16 heteroatoms. The van der Waals surface area contributed by atoms with Crippen molar-refractivity contribution in [3.8, 4) is 68.6 Å². The Hall–Kier alpha value is -4.34. The van der Waals surface area contributed by atoms with Crippen LogP contribution in [0.25, 0.3) is 68.6 Å². The normalized spacial score (nSPS) is 9.32. The average Bonchev–Trinajstić information content (AvgIpc) is 3.85. The van der Waals surface area contributed by atoms with Crippen LogP contribution in [0.2, 0.25) is 0 Å². The minimum Gasteiger partial charge on any atom is -1.00 e. The SMILES string of the molecule is CO.O.[Cd+2].[Cd+2].[Cl-].[Cl-].c1ccc(-c2nc(-c3ccccn3)c(-c3ccccn3)[n-]2)nc1.c1ccc(-c2nc(-c3ccccn3)c(-c3ccccn3)[n-]2)nc1. The summed E-state index contributed by atoms with van der Waals surface area (Å²) in [5.74, 6) is 1.15. The van der Waals surface area contributed by atoms with E-state index in [4.69, 9.17) is 5.11 Å². The zero-order chi connectivity index (χ0) is 33.0. The Morgan fingerprint density at radius 1 is 0.377 bits per heavy atom. The van der Waals surface area contributed by atoms with E-state index in [1.165, 1.54) is 0 Å². The van der Waals surface area contributed by atoms with Crippen LogP contribution in [0.15, 0.2) is 146 Å². The van der Waals surface area contributed by atoms with Crippen LogP contribution < -0.4 is 34.8 Å². The molecule has 0 aliphatic heterocycles. The number of hydrogen-bond donors (Lipinski definition) is 1. The van der Waals surface area contributed by atoms with Crippen molar-refractivity contribution in [1.82, 2.24) is 49.8 Å². The molecular weight excluding hydrogens is 912 g/mol. The average molecular weight is 942 g/mol. The van der Waals surface area contributed by atoms with Crippen molar-refractivity contribution in [3.63, 3.8) is 0 Å². The van der Waals surface area contributed by atoms with Gasteiger partial charge in [-0.2, -0.15) is 0 Å². The Bertz CT molecular complexity index is 1880. The van der Waals surface area contributed by atoms with E-state index in [0.29, 0.717) is 34.4 Å². The summed E-state index contributed by atoms with van der Waals surface area (Å²) in [5, 5.41) is 7.00. The maximum Gasteiger partial charge on any atom is 2.00 e. The third-order valence-corrected chi connectivity index (χ3v) is 6.74. The Kier molecular flexibility index (Phi) is 21.2. The van der Waals surface area contributed by atoms with E-state index in [9.17, 15) is 0 Å². The summed E-state index contributed by atoms with van der Waals surface area (Å²) >= 11 is 0. The monoisotopic (exact) mass is 944 g/mol. The van der Waals surface area contributed by atoms with Crippen LogP contribution in [0.5, 0.6) is 0 Å². The van der Waals surface area contributed by atoms with E-state index >= 15 is 0 Å². The Balaban J connectivity index is 0.000000465. The van der Waals surface area contributed by atoms with Gasteiger partial charge >= 0.3 is 54.6 Å². The summed E-state index contributed by atoms with van der Waals surface area (Å²) in [6.07, 6.45) is 10.4. The topological polar surface area (TPSA) is 183 Å². The first-order valence-corrected chi connectivity index (χ1v) is 14.9. The molecule has 0 aliphatic rings. The number of nitrogens with zero attached hydrogens (tertiary/aromatic N) is 10. The second-order valence-corrected chi connectivity index (χ2v) is 9.78. The molecule has 0 saturated carbocycles. The van der Waals surface area contributed by atoms with Gasteiger partial charge in [0.05, 0.1) is 34.2 Å². The zero-order valence-electron chi connectivity index (χ0n) is 28.4. The molecule has 0 bridgehead atoms. The van der Waals surface area contributed by atoms with Crippen molar-refractivity contribution in [2.24, 2.45) is 0 Å². The molecule has 0 saturated heterocycles. The van der Waals surface area contributed by atoms with Crippen LogP contribution in [0.1, 0.15) is 0 Å². The van der Waals surface area contributed by atoms with Gasteiger partial charge in [0, 0.05) is 44.3 Å². The standard InChI is InChI=1S/2C18H12N5.CH4O.2Cd.2ClH.H2O/c2*1-4-10-19-13(7-1)16-17(14-8-2-5-11-20-14)23-18(22-16)15-9-3-6-12-21-15;1-2;;;;;/h2*1-12H;2H,1H3;;;2*1H;1H2/q2*-1;;2*+2;;;/p-2. The van der Waals surface area contributed by atoms with Crippen molar-refractivity contribution < 1.29 is 90.0 Å². The fourth-order valence-electron chi connectivity index (χ4n) is 4.63. The zero-order valence-corrected chi connectivity index (χ0v) is 38.0. The molecule has 8 aromatic heterocycles. The van der Waals surface area contributed by atoms with E-state index in [-0.39, 0.29) is 84.9 Å². The maximum absolute atomic E-state index is 7.00. The number of aliphatic hydroxyl groups is 1. The van der Waals surface area contributed by atoms with Crippen LogP contribution in [0, 0.1) is 0 Å². The molecule has 0 atom stereocenters. The molecule has 0 fully saturated rings. The minimum absolute atomic E-state index is 0. The number of pyridine rings is 6. The summed E-state index contributed by atoms with van der Waals surface area (Å²) < 4.78 is 0. The first kappa shape index (κ1) is 46.7. The molecular formula is C37H30Cd2Cl2N10O2. The largest absolute Gasteiger partial charge is 2.00 e. The summed E-state index contributed by atoms with van der Waals surface area (Å²) in [7, 11) is 1.00. The van der Waals surface area contributed by atoms with Gasteiger partial charge < -0.3 is 55.3 Å². The quantitative estimate of drug-likeness (QED) is 0.207. The molecule has 258 valence electrons. The minimum atomic E-state index is 0. The second-order valence-electron chi connectivity index (χ2n) is 9.78. The van der Waals surface area contributed by atoms with E-state index in [1.807, 2.05) is 109 Å². The van der Waals surface area contributed by atoms with E-state index in [0.717, 1.165) is 41.3 Å². The number of imidazole rings is 2. The summed E-state index contributed by atoms with van der Waals surface area (Å²) in [5.41, 5.74) is 7.37. The number of hydrogen-bond acceptors (Lipinski definition) is 9. The molecule has 0 aromatic carbocycles. The molecule has 3 N–H and O–H groups in total. The molecule has 8 rings (SSSR count). The van der Waals surface area contributed by atoms with Crippen molar-refractivity contribution in [3.05, 3.63) is 146 Å². The molecule has 0 spiro atoms. The van der Waals surface area contributed by atoms with Gasteiger partial charge in [-0.25, -0.2) is 0 Å². The first-order valence-electron chi connectivity index (χ1n) is 14.9. The van der Waals surface area contributed by atoms with Crippen molar-refractivity contribution in [2.45, 2.75) is 0 Å². The Labute approximate surface area is 359 Å². The van der Waals surface area contributed by atoms with Crippen molar-refractivity contribution in [1.29, 1.82) is 0 Å². The van der Waals surface area contributed by atoms with Gasteiger partial charge in [0.25, 0.3) is 0 Å². The predicted molar refractivity (Wildman–Crippen MR) is 186 cm³/mol. The van der Waals surface area contributed by atoms with E-state index in [1.54, 1.807) is 37.2 Å². The van der Waals surface area contributed by atoms with Gasteiger partial charge in [0.15, 0.2) is 0 Å². The predicted octanol–water partition coefficient (Wildman–Crippen LogP) is -0.764. The Morgan fingerprint density at radius 3 is 0.868 bits per heavy atom. The molecule has 0 radical (unpaired) electrons. The number of aromatic nitrogens is 10. The Morgan fingerprint density at radius 2 is 0.623 bits per heavy atom. The molecule has 0 amide bonds. The number of aliphatic hydroxyl groups excluding tert-OH is 1. The van der Waals surface area contributed by atoms with Crippen molar-refractivity contribution >= 4 is 0 Å². The summed E-state index contributed by atoms with van der Waals surface area (Å²) in [6, 6.07) is 34.2. The number of rotatable bonds is 6. The third kappa shape index (κ3) is 11.8. The molecule has 0 aliphatic carbocycles. The van der Waals surface area contributed by atoms with Crippen LogP contribution >= 0.6 is 0 Å².